The summed E-state index contributed by atoms with van der Waals surface area (Å²) in [6.45, 7) is 0. The molecule has 0 aliphatic heterocycles. The number of hydrogen-bond donors (Lipinski definition) is 2. The minimum Gasteiger partial charge on any atom is -0.497 e. The van der Waals surface area contributed by atoms with Gasteiger partial charge in [-0.1, -0.05) is 30.3 Å². The Morgan fingerprint density at radius 3 is 2.29 bits per heavy atom. The number of fused-ring (bicyclic) bond motifs is 1. The third-order valence-corrected chi connectivity index (χ3v) is 6.44. The van der Waals surface area contributed by atoms with E-state index in [2.05, 4.69) is 4.98 Å². The number of sulfonamides is 1. The van der Waals surface area contributed by atoms with E-state index < -0.39 is 26.6 Å². The second kappa shape index (κ2) is 8.79. The van der Waals surface area contributed by atoms with Crippen LogP contribution in [0.4, 0.5) is 5.69 Å². The third kappa shape index (κ3) is 4.24. The van der Waals surface area contributed by atoms with Crippen LogP contribution in [0.15, 0.2) is 77.7 Å². The van der Waals surface area contributed by atoms with E-state index in [1.165, 1.54) is 43.5 Å². The number of ether oxygens (including phenoxy) is 1. The molecular weight excluding hydrogens is 462 g/mol. The van der Waals surface area contributed by atoms with Crippen molar-refractivity contribution in [3.05, 3.63) is 99.7 Å². The highest BCUT2D eigenvalue weighted by Gasteiger charge is 2.25. The van der Waals surface area contributed by atoms with Crippen molar-refractivity contribution in [2.45, 2.75) is 4.90 Å². The van der Waals surface area contributed by atoms with Gasteiger partial charge in [0.05, 0.1) is 16.9 Å². The molecule has 11 heteroatoms. The van der Waals surface area contributed by atoms with Crippen LogP contribution in [0.25, 0.3) is 10.9 Å². The van der Waals surface area contributed by atoms with Gasteiger partial charge in [-0.05, 0) is 36.4 Å². The lowest BCUT2D eigenvalue weighted by atomic mass is 9.99. The lowest BCUT2D eigenvalue weighted by molar-refractivity contribution is -0.383. The summed E-state index contributed by atoms with van der Waals surface area (Å²) in [4.78, 5) is 39.0. The van der Waals surface area contributed by atoms with Crippen LogP contribution in [0.5, 0.6) is 5.75 Å². The number of benzene rings is 3. The predicted molar refractivity (Wildman–Crippen MR) is 122 cm³/mol. The molecule has 0 unspecified atom stereocenters. The smallest absolute Gasteiger partial charge is 0.293 e. The van der Waals surface area contributed by atoms with Crippen molar-refractivity contribution >= 4 is 38.3 Å². The molecule has 1 aromatic heterocycles. The molecule has 34 heavy (non-hydrogen) atoms. The fourth-order valence-corrected chi connectivity index (χ4v) is 4.38. The maximum Gasteiger partial charge on any atom is 0.293 e. The van der Waals surface area contributed by atoms with Crippen molar-refractivity contribution in [3.8, 4) is 5.75 Å². The van der Waals surface area contributed by atoms with Gasteiger partial charge in [0.15, 0.2) is 5.78 Å². The summed E-state index contributed by atoms with van der Waals surface area (Å²) < 4.78 is 32.1. The van der Waals surface area contributed by atoms with E-state index in [-0.39, 0.29) is 32.7 Å². The molecule has 0 atom stereocenters. The van der Waals surface area contributed by atoms with Crippen LogP contribution in [-0.4, -0.2) is 37.1 Å². The van der Waals surface area contributed by atoms with Crippen LogP contribution in [0.1, 0.15) is 26.4 Å². The van der Waals surface area contributed by atoms with E-state index in [4.69, 9.17) is 4.74 Å². The molecule has 4 aromatic rings. The number of rotatable bonds is 7. The normalized spacial score (nSPS) is 11.2. The van der Waals surface area contributed by atoms with Gasteiger partial charge in [-0.2, -0.15) is 0 Å². The fraction of sp³-hybridized carbons (Fsp3) is 0.0435. The summed E-state index contributed by atoms with van der Waals surface area (Å²) in [7, 11) is -2.81. The Labute approximate surface area is 193 Å². The summed E-state index contributed by atoms with van der Waals surface area (Å²) in [6, 6.07) is 17.3. The summed E-state index contributed by atoms with van der Waals surface area (Å²) in [5.41, 5.74) is -0.217. The molecule has 4 rings (SSSR count). The maximum absolute atomic E-state index is 13.0. The van der Waals surface area contributed by atoms with Crippen LogP contribution in [0.2, 0.25) is 0 Å². The van der Waals surface area contributed by atoms with Gasteiger partial charge in [-0.3, -0.25) is 19.7 Å². The van der Waals surface area contributed by atoms with Crippen molar-refractivity contribution in [2.24, 2.45) is 0 Å². The van der Waals surface area contributed by atoms with Crippen LogP contribution in [0.3, 0.4) is 0 Å². The quantitative estimate of drug-likeness (QED) is 0.234. The first kappa shape index (κ1) is 22.7. The Morgan fingerprint density at radius 1 is 1.00 bits per heavy atom. The lowest BCUT2D eigenvalue weighted by Crippen LogP contribution is -2.30. The number of aromatic amines is 1. The van der Waals surface area contributed by atoms with Crippen molar-refractivity contribution in [1.29, 1.82) is 0 Å². The molecule has 3 aromatic carbocycles. The van der Waals surface area contributed by atoms with Crippen LogP contribution < -0.4 is 9.46 Å². The number of nitrogens with one attached hydrogen (secondary N) is 2. The molecule has 0 saturated heterocycles. The van der Waals surface area contributed by atoms with Gasteiger partial charge < -0.3 is 9.72 Å². The molecule has 0 saturated carbocycles. The van der Waals surface area contributed by atoms with Gasteiger partial charge in [-0.25, -0.2) is 13.1 Å². The molecule has 172 valence electrons. The zero-order chi connectivity index (χ0) is 24.5. The minimum atomic E-state index is -4.24. The maximum atomic E-state index is 13.0. The number of hydrogen-bond acceptors (Lipinski definition) is 7. The van der Waals surface area contributed by atoms with Crippen LogP contribution >= 0.6 is 0 Å². The average Bonchev–Trinajstić information content (AvgIpc) is 3.29. The van der Waals surface area contributed by atoms with Crippen LogP contribution in [-0.2, 0) is 10.0 Å². The number of ketones is 1. The van der Waals surface area contributed by atoms with E-state index in [1.807, 2.05) is 4.72 Å². The Bertz CT molecular complexity index is 1530. The van der Waals surface area contributed by atoms with E-state index in [9.17, 15) is 28.1 Å². The third-order valence-electron chi connectivity index (χ3n) is 5.09. The molecule has 0 aliphatic carbocycles. The highest BCUT2D eigenvalue weighted by atomic mass is 32.2. The fourth-order valence-electron chi connectivity index (χ4n) is 3.41. The highest BCUT2D eigenvalue weighted by Crippen LogP contribution is 2.30. The molecule has 2 N–H and O–H groups in total. The molecule has 1 heterocycles. The van der Waals surface area contributed by atoms with Gasteiger partial charge in [-0.15, -0.1) is 0 Å². The van der Waals surface area contributed by atoms with Crippen molar-refractivity contribution < 1.29 is 27.7 Å². The number of non-ortho nitro benzene ring substituents is 1. The second-order valence-electron chi connectivity index (χ2n) is 7.17. The number of nitro groups is 1. The van der Waals surface area contributed by atoms with Crippen LogP contribution in [0, 0.1) is 10.1 Å². The van der Waals surface area contributed by atoms with Gasteiger partial charge >= 0.3 is 0 Å². The predicted octanol–water partition coefficient (Wildman–Crippen LogP) is 3.43. The van der Waals surface area contributed by atoms with Crippen molar-refractivity contribution in [2.75, 3.05) is 7.11 Å². The van der Waals surface area contributed by atoms with Gasteiger partial charge in [0.25, 0.3) is 21.6 Å². The van der Waals surface area contributed by atoms with Gasteiger partial charge in [0.2, 0.25) is 0 Å². The monoisotopic (exact) mass is 479 g/mol. The zero-order valence-corrected chi connectivity index (χ0v) is 18.5. The first-order valence-corrected chi connectivity index (χ1v) is 11.3. The first-order chi connectivity index (χ1) is 16.2. The number of aromatic nitrogens is 1. The molecule has 1 amide bonds. The number of nitrogens with zero attached hydrogens (tertiary/aromatic N) is 1. The van der Waals surface area contributed by atoms with E-state index in [0.29, 0.717) is 11.3 Å². The lowest BCUT2D eigenvalue weighted by Gasteiger charge is -2.06. The molecule has 0 fully saturated rings. The topological polar surface area (TPSA) is 148 Å². The summed E-state index contributed by atoms with van der Waals surface area (Å²) in [6.07, 6.45) is 0. The summed E-state index contributed by atoms with van der Waals surface area (Å²) in [5, 5.41) is 11.6. The second-order valence-corrected chi connectivity index (χ2v) is 8.85. The summed E-state index contributed by atoms with van der Waals surface area (Å²) >= 11 is 0. The van der Waals surface area contributed by atoms with E-state index >= 15 is 0 Å². The minimum absolute atomic E-state index is 0.0706. The Kier molecular flexibility index (Phi) is 5.86. The Balaban J connectivity index is 1.74. The molecule has 0 aliphatic rings. The number of carbonyl (C=O) groups excluding carboxylic acids is 2. The largest absolute Gasteiger partial charge is 0.497 e. The van der Waals surface area contributed by atoms with Crippen molar-refractivity contribution in [3.63, 3.8) is 0 Å². The van der Waals surface area contributed by atoms with E-state index in [0.717, 1.165) is 6.07 Å². The number of nitro benzene ring substituents is 1. The number of methoxy groups -OCH3 is 1. The standard InChI is InChI=1S/C23H17N3O7S/c1-33-15-7-9-16(10-8-15)34(31,32)25-23(28)19-13-18-17(22(27)14-5-3-2-4-6-14)11-12-20(26(29)30)21(18)24-19/h2-13,24H,1H3,(H,25,28). The molecule has 10 nitrogen and oxygen atoms in total. The molecular formula is C23H17N3O7S. The SMILES string of the molecule is COc1ccc(S(=O)(=O)NC(=O)c2cc3c(C(=O)c4ccccc4)ccc([N+](=O)[O-])c3[nH]2)cc1. The van der Waals surface area contributed by atoms with Gasteiger partial charge in [0, 0.05) is 22.6 Å². The number of carbonyl (C=O) groups is 2. The molecule has 0 spiro atoms. The Hall–Kier alpha value is -4.51. The number of amides is 1. The highest BCUT2D eigenvalue weighted by molar-refractivity contribution is 7.90. The Morgan fingerprint density at radius 2 is 1.68 bits per heavy atom. The van der Waals surface area contributed by atoms with Gasteiger partial charge in [0.1, 0.15) is 17.0 Å². The van der Waals surface area contributed by atoms with Crippen molar-refractivity contribution in [1.82, 2.24) is 9.71 Å². The molecule has 0 radical (unpaired) electrons. The van der Waals surface area contributed by atoms with E-state index in [1.54, 1.807) is 30.3 Å². The summed E-state index contributed by atoms with van der Waals surface area (Å²) in [5.74, 6) is -1.01. The molecule has 0 bridgehead atoms. The average molecular weight is 479 g/mol. The zero-order valence-electron chi connectivity index (χ0n) is 17.6. The first-order valence-electron chi connectivity index (χ1n) is 9.82. The number of H-pyrrole nitrogens is 1.